The molecule has 1 atom stereocenters. The molecule has 0 aliphatic heterocycles. The SMILES string of the molecule is C=CC[S+](=O)(c1ccccc1)N(C)C.F[B-](F)(F)F. The number of halogens is 4. The monoisotopic (exact) mass is 297 g/mol. The zero-order chi connectivity index (χ0) is 15.1. The molecule has 19 heavy (non-hydrogen) atoms. The largest absolute Gasteiger partial charge is 0.673 e. The Morgan fingerprint density at radius 1 is 1.21 bits per heavy atom. The summed E-state index contributed by atoms with van der Waals surface area (Å²) in [4.78, 5) is 0.866. The van der Waals surface area contributed by atoms with Crippen LogP contribution in [0.2, 0.25) is 0 Å². The Labute approximate surface area is 111 Å². The maximum Gasteiger partial charge on any atom is 0.673 e. The molecule has 0 fully saturated rings. The van der Waals surface area contributed by atoms with E-state index in [1.807, 2.05) is 44.4 Å². The van der Waals surface area contributed by atoms with Crippen LogP contribution in [0.4, 0.5) is 17.3 Å². The molecular formula is C11H16BF4NOS. The van der Waals surface area contributed by atoms with Crippen LogP contribution in [-0.4, -0.2) is 31.4 Å². The molecule has 0 aliphatic rings. The van der Waals surface area contributed by atoms with Gasteiger partial charge in [-0.3, -0.25) is 0 Å². The van der Waals surface area contributed by atoms with Gasteiger partial charge in [-0.25, -0.2) is 0 Å². The van der Waals surface area contributed by atoms with Gasteiger partial charge >= 0.3 is 7.25 Å². The van der Waals surface area contributed by atoms with Gasteiger partial charge in [-0.15, -0.1) is 4.31 Å². The highest BCUT2D eigenvalue weighted by Crippen LogP contribution is 2.21. The van der Waals surface area contributed by atoms with E-state index in [1.165, 1.54) is 0 Å². The van der Waals surface area contributed by atoms with Gasteiger partial charge in [0, 0.05) is 14.1 Å². The molecule has 1 unspecified atom stereocenters. The van der Waals surface area contributed by atoms with Gasteiger partial charge in [0.1, 0.15) is 0 Å². The predicted molar refractivity (Wildman–Crippen MR) is 71.7 cm³/mol. The summed E-state index contributed by atoms with van der Waals surface area (Å²) in [5.74, 6) is 0.490. The van der Waals surface area contributed by atoms with Crippen molar-refractivity contribution in [3.63, 3.8) is 0 Å². The second-order valence-electron chi connectivity index (χ2n) is 3.72. The second kappa shape index (κ2) is 7.45. The van der Waals surface area contributed by atoms with Gasteiger partial charge in [0.05, 0.1) is 0 Å². The number of hydrogen-bond donors (Lipinski definition) is 0. The van der Waals surface area contributed by atoms with Crippen molar-refractivity contribution >= 4 is 17.4 Å². The summed E-state index contributed by atoms with van der Waals surface area (Å²) >= 11 is 0. The number of benzene rings is 1. The lowest BCUT2D eigenvalue weighted by Gasteiger charge is -2.15. The van der Waals surface area contributed by atoms with Crippen molar-refractivity contribution in [1.82, 2.24) is 4.31 Å². The van der Waals surface area contributed by atoms with Gasteiger partial charge < -0.3 is 17.3 Å². The Balaban J connectivity index is 0.000000555. The van der Waals surface area contributed by atoms with Crippen molar-refractivity contribution < 1.29 is 21.5 Å². The van der Waals surface area contributed by atoms with Crippen molar-refractivity contribution in [1.29, 1.82) is 0 Å². The lowest BCUT2D eigenvalue weighted by atomic mass is 10.3. The van der Waals surface area contributed by atoms with Crippen LogP contribution in [0, 0.1) is 0 Å². The fourth-order valence-electron chi connectivity index (χ4n) is 1.25. The van der Waals surface area contributed by atoms with Crippen LogP contribution in [0.3, 0.4) is 0 Å². The third kappa shape index (κ3) is 7.12. The quantitative estimate of drug-likeness (QED) is 0.360. The highest BCUT2D eigenvalue weighted by atomic mass is 32.3. The molecular weight excluding hydrogens is 281 g/mol. The van der Waals surface area contributed by atoms with E-state index in [4.69, 9.17) is 0 Å². The van der Waals surface area contributed by atoms with E-state index in [0.29, 0.717) is 5.75 Å². The first-order valence-electron chi connectivity index (χ1n) is 5.34. The topological polar surface area (TPSA) is 20.3 Å². The Bertz CT molecular complexity index is 430. The minimum Gasteiger partial charge on any atom is -0.418 e. The molecule has 0 aliphatic carbocycles. The molecule has 2 nitrogen and oxygen atoms in total. The molecule has 0 N–H and O–H groups in total. The van der Waals surface area contributed by atoms with Gasteiger partial charge in [0.25, 0.3) is 0 Å². The first-order valence-corrected chi connectivity index (χ1v) is 7.02. The lowest BCUT2D eigenvalue weighted by molar-refractivity contribution is 0.368. The minimum absolute atomic E-state index is 0.490. The maximum atomic E-state index is 12.5. The second-order valence-corrected chi connectivity index (χ2v) is 6.53. The first kappa shape index (κ1) is 17.9. The van der Waals surface area contributed by atoms with E-state index in [-0.39, 0.29) is 0 Å². The highest BCUT2D eigenvalue weighted by Gasteiger charge is 2.32. The molecule has 1 rings (SSSR count). The van der Waals surface area contributed by atoms with E-state index < -0.39 is 17.4 Å². The summed E-state index contributed by atoms with van der Waals surface area (Å²) in [5, 5.41) is 0. The Morgan fingerprint density at radius 3 is 1.95 bits per heavy atom. The smallest absolute Gasteiger partial charge is 0.418 e. The summed E-state index contributed by atoms with van der Waals surface area (Å²) in [7, 11) is -4.45. The zero-order valence-corrected chi connectivity index (χ0v) is 11.5. The maximum absolute atomic E-state index is 12.5. The Hall–Kier alpha value is -1.15. The Morgan fingerprint density at radius 2 is 1.63 bits per heavy atom. The van der Waals surface area contributed by atoms with Gasteiger partial charge in [-0.2, -0.15) is 0 Å². The number of nitrogens with zero attached hydrogens (tertiary/aromatic N) is 1. The van der Waals surface area contributed by atoms with Crippen LogP contribution >= 0.6 is 0 Å². The fraction of sp³-hybridized carbons (Fsp3) is 0.273. The third-order valence-corrected chi connectivity index (χ3v) is 4.92. The van der Waals surface area contributed by atoms with Crippen LogP contribution in [0.1, 0.15) is 0 Å². The van der Waals surface area contributed by atoms with Crippen LogP contribution < -0.4 is 0 Å². The summed E-state index contributed by atoms with van der Waals surface area (Å²) in [6, 6.07) is 9.52. The molecule has 0 bridgehead atoms. The summed E-state index contributed by atoms with van der Waals surface area (Å²) in [5.41, 5.74) is 0. The number of rotatable bonds is 4. The molecule has 0 saturated heterocycles. The third-order valence-electron chi connectivity index (χ3n) is 2.05. The molecule has 0 heterocycles. The van der Waals surface area contributed by atoms with E-state index in [2.05, 4.69) is 6.58 Å². The van der Waals surface area contributed by atoms with Crippen LogP contribution in [0.15, 0.2) is 47.9 Å². The average Bonchev–Trinajstić information content (AvgIpc) is 2.28. The standard InChI is InChI=1S/C11H16NOS.BF4/c1-4-10-14(13,12(2)3)11-8-6-5-7-9-11;2-1(3,4)5/h4-9H,1,10H2,2-3H3;/q+1;-1. The van der Waals surface area contributed by atoms with Crippen molar-refractivity contribution in [3.8, 4) is 0 Å². The molecule has 0 saturated carbocycles. The molecule has 1 aromatic carbocycles. The van der Waals surface area contributed by atoms with Crippen LogP contribution in [-0.2, 0) is 14.3 Å². The molecule has 0 radical (unpaired) electrons. The molecule has 108 valence electrons. The van der Waals surface area contributed by atoms with Gasteiger partial charge in [-0.1, -0.05) is 29.0 Å². The summed E-state index contributed by atoms with van der Waals surface area (Å²) < 4.78 is 53.3. The van der Waals surface area contributed by atoms with Crippen molar-refractivity contribution in [2.24, 2.45) is 0 Å². The van der Waals surface area contributed by atoms with Crippen molar-refractivity contribution in [3.05, 3.63) is 43.0 Å². The fourth-order valence-corrected chi connectivity index (χ4v) is 3.06. The number of hydrogen-bond acceptors (Lipinski definition) is 1. The zero-order valence-electron chi connectivity index (χ0n) is 10.7. The predicted octanol–water partition coefficient (Wildman–Crippen LogP) is 3.51. The molecule has 0 amide bonds. The average molecular weight is 297 g/mol. The summed E-state index contributed by atoms with van der Waals surface area (Å²) in [6.45, 7) is 3.65. The normalized spacial score (nSPS) is 14.3. The van der Waals surface area contributed by atoms with E-state index >= 15 is 0 Å². The Kier molecular flexibility index (Phi) is 7.00. The highest BCUT2D eigenvalue weighted by molar-refractivity contribution is 8.00. The van der Waals surface area contributed by atoms with Crippen molar-refractivity contribution in [2.75, 3.05) is 19.8 Å². The summed E-state index contributed by atoms with van der Waals surface area (Å²) in [6.07, 6.45) is 1.70. The van der Waals surface area contributed by atoms with E-state index in [9.17, 15) is 21.5 Å². The molecule has 8 heteroatoms. The lowest BCUT2D eigenvalue weighted by Crippen LogP contribution is -2.31. The van der Waals surface area contributed by atoms with Crippen molar-refractivity contribution in [2.45, 2.75) is 4.90 Å². The van der Waals surface area contributed by atoms with Crippen LogP contribution in [0.25, 0.3) is 0 Å². The van der Waals surface area contributed by atoms with Crippen LogP contribution in [0.5, 0.6) is 0 Å². The van der Waals surface area contributed by atoms with Gasteiger partial charge in [-0.05, 0) is 18.2 Å². The minimum atomic E-state index is -6.00. The molecule has 0 aromatic heterocycles. The molecule has 1 aromatic rings. The molecule has 0 spiro atoms. The van der Waals surface area contributed by atoms with E-state index in [1.54, 1.807) is 10.4 Å². The first-order chi connectivity index (χ1) is 8.61. The van der Waals surface area contributed by atoms with Gasteiger partial charge in [0.15, 0.2) is 20.8 Å². The van der Waals surface area contributed by atoms with E-state index in [0.717, 1.165) is 4.90 Å². The van der Waals surface area contributed by atoms with Gasteiger partial charge in [0.2, 0.25) is 0 Å².